The summed E-state index contributed by atoms with van der Waals surface area (Å²) in [5.74, 6) is -2.53. The number of nitrogens with zero attached hydrogens (tertiary/aromatic N) is 1. The summed E-state index contributed by atoms with van der Waals surface area (Å²) in [5.41, 5.74) is 0. The summed E-state index contributed by atoms with van der Waals surface area (Å²) >= 11 is 0. The van der Waals surface area contributed by atoms with Crippen LogP contribution in [0.15, 0.2) is 46.2 Å². The Kier molecular flexibility index (Phi) is 6.98. The molecule has 2 aromatic carbocycles. The van der Waals surface area contributed by atoms with Gasteiger partial charge in [-0.3, -0.25) is 0 Å². The first-order chi connectivity index (χ1) is 13.5. The summed E-state index contributed by atoms with van der Waals surface area (Å²) in [6.07, 6.45) is 2.51. The Bertz CT molecular complexity index is 1000. The maximum atomic E-state index is 13.1. The van der Waals surface area contributed by atoms with Crippen LogP contribution in [0.4, 0.5) is 0 Å². The van der Waals surface area contributed by atoms with Crippen molar-refractivity contribution in [2.75, 3.05) is 6.54 Å². The molecule has 0 heterocycles. The highest BCUT2D eigenvalue weighted by Crippen LogP contribution is 2.33. The first-order valence-corrected chi connectivity index (χ1v) is 11.7. The average Bonchev–Trinajstić information content (AvgIpc) is 2.65. The average molecular weight is 446 g/mol. The molecule has 0 unspecified atom stereocenters. The van der Waals surface area contributed by atoms with Crippen LogP contribution in [0.1, 0.15) is 32.6 Å². The number of rotatable bonds is 9. The topological polar surface area (TPSA) is 152 Å². The number of aromatic hydroxyl groups is 4. The van der Waals surface area contributed by atoms with E-state index in [1.807, 2.05) is 6.92 Å². The Morgan fingerprint density at radius 1 is 0.690 bits per heavy atom. The summed E-state index contributed by atoms with van der Waals surface area (Å²) in [6.45, 7) is 1.59. The van der Waals surface area contributed by atoms with Gasteiger partial charge in [-0.2, -0.15) is 0 Å². The van der Waals surface area contributed by atoms with Gasteiger partial charge in [-0.25, -0.2) is 16.8 Å². The van der Waals surface area contributed by atoms with Crippen molar-refractivity contribution in [3.8, 4) is 23.0 Å². The number of sulfonamides is 2. The highest BCUT2D eigenvalue weighted by Gasteiger charge is 2.37. The van der Waals surface area contributed by atoms with E-state index in [9.17, 15) is 37.3 Å². The van der Waals surface area contributed by atoms with Crippen LogP contribution in [0.5, 0.6) is 23.0 Å². The molecule has 29 heavy (non-hydrogen) atoms. The number of phenols is 4. The van der Waals surface area contributed by atoms with Gasteiger partial charge in [0, 0.05) is 18.7 Å². The Morgan fingerprint density at radius 2 is 1.14 bits per heavy atom. The van der Waals surface area contributed by atoms with Crippen LogP contribution in [0.3, 0.4) is 0 Å². The lowest BCUT2D eigenvalue weighted by atomic mass is 10.2. The van der Waals surface area contributed by atoms with Crippen LogP contribution in [0, 0.1) is 0 Å². The summed E-state index contributed by atoms with van der Waals surface area (Å²) in [7, 11) is -9.25. The van der Waals surface area contributed by atoms with Crippen LogP contribution in [0.2, 0.25) is 0 Å². The molecule has 160 valence electrons. The fraction of sp³-hybridized carbons (Fsp3) is 0.333. The van der Waals surface area contributed by atoms with Crippen molar-refractivity contribution in [1.29, 1.82) is 0 Å². The largest absolute Gasteiger partial charge is 0.504 e. The molecule has 0 aliphatic carbocycles. The molecule has 0 aliphatic rings. The summed E-state index contributed by atoms with van der Waals surface area (Å²) in [6, 6.07) is 5.36. The highest BCUT2D eigenvalue weighted by atomic mass is 32.3. The molecule has 0 saturated carbocycles. The van der Waals surface area contributed by atoms with Crippen LogP contribution in [0.25, 0.3) is 0 Å². The van der Waals surface area contributed by atoms with Crippen LogP contribution < -0.4 is 0 Å². The van der Waals surface area contributed by atoms with E-state index in [1.165, 1.54) is 0 Å². The predicted molar refractivity (Wildman–Crippen MR) is 105 cm³/mol. The zero-order valence-electron chi connectivity index (χ0n) is 15.7. The van der Waals surface area contributed by atoms with Gasteiger partial charge >= 0.3 is 0 Å². The van der Waals surface area contributed by atoms with E-state index in [0.717, 1.165) is 49.2 Å². The zero-order chi connectivity index (χ0) is 21.8. The Hall–Kier alpha value is -2.50. The predicted octanol–water partition coefficient (Wildman–Crippen LogP) is 2.47. The molecule has 4 N–H and O–H groups in total. The fourth-order valence-electron chi connectivity index (χ4n) is 2.60. The van der Waals surface area contributed by atoms with E-state index in [4.69, 9.17) is 0 Å². The minimum absolute atomic E-state index is 0.264. The van der Waals surface area contributed by atoms with E-state index in [1.54, 1.807) is 0 Å². The van der Waals surface area contributed by atoms with Crippen molar-refractivity contribution in [2.45, 2.75) is 42.4 Å². The Labute approximate surface area is 169 Å². The third kappa shape index (κ3) is 4.92. The van der Waals surface area contributed by atoms with Gasteiger partial charge in [0.15, 0.2) is 23.0 Å². The first-order valence-electron chi connectivity index (χ1n) is 8.83. The minimum Gasteiger partial charge on any atom is -0.504 e. The highest BCUT2D eigenvalue weighted by molar-refractivity contribution is 8.04. The van der Waals surface area contributed by atoms with E-state index in [2.05, 4.69) is 0 Å². The lowest BCUT2D eigenvalue weighted by Gasteiger charge is -2.22. The van der Waals surface area contributed by atoms with Crippen LogP contribution >= 0.6 is 0 Å². The molecule has 0 atom stereocenters. The summed E-state index contributed by atoms with van der Waals surface area (Å²) in [5, 5.41) is 38.1. The molecule has 0 bridgehead atoms. The zero-order valence-corrected chi connectivity index (χ0v) is 17.3. The Morgan fingerprint density at radius 3 is 1.52 bits per heavy atom. The standard InChI is InChI=1S/C18H23NO8S2/c1-2-3-4-5-10-19(28(24,25)13-6-8-15(20)17(22)11-13)29(26,27)14-7-9-16(21)18(23)12-14/h6-9,11-12,20-23H,2-5,10H2,1H3. The van der Waals surface area contributed by atoms with Crippen LogP contribution in [-0.4, -0.2) is 47.5 Å². The minimum atomic E-state index is -4.63. The first kappa shape index (κ1) is 22.8. The smallest absolute Gasteiger partial charge is 0.256 e. The second-order valence-corrected chi connectivity index (χ2v) is 10.3. The van der Waals surface area contributed by atoms with Crippen molar-refractivity contribution in [3.05, 3.63) is 36.4 Å². The number of unbranched alkanes of at least 4 members (excludes halogenated alkanes) is 3. The molecular formula is C18H23NO8S2. The van der Waals surface area contributed by atoms with Crippen molar-refractivity contribution in [2.24, 2.45) is 0 Å². The maximum absolute atomic E-state index is 13.1. The van der Waals surface area contributed by atoms with Gasteiger partial charge in [0.2, 0.25) is 0 Å². The molecule has 0 radical (unpaired) electrons. The quantitative estimate of drug-likeness (QED) is 0.339. The normalized spacial score (nSPS) is 12.3. The third-order valence-corrected chi connectivity index (χ3v) is 8.53. The van der Waals surface area contributed by atoms with E-state index in [0.29, 0.717) is 10.1 Å². The summed E-state index contributed by atoms with van der Waals surface area (Å²) in [4.78, 5) is -1.04. The molecule has 2 aromatic rings. The molecule has 0 spiro atoms. The number of phenolic OH excluding ortho intramolecular Hbond substituents is 4. The second-order valence-electron chi connectivity index (χ2n) is 6.37. The maximum Gasteiger partial charge on any atom is 0.256 e. The SMILES string of the molecule is CCCCCCN(S(=O)(=O)c1ccc(O)c(O)c1)S(=O)(=O)c1ccc(O)c(O)c1. The van der Waals surface area contributed by atoms with Gasteiger partial charge in [-0.1, -0.05) is 29.9 Å². The molecule has 9 nitrogen and oxygen atoms in total. The molecule has 2 rings (SSSR count). The van der Waals surface area contributed by atoms with Crippen molar-refractivity contribution in [3.63, 3.8) is 0 Å². The third-order valence-electron chi connectivity index (χ3n) is 4.22. The monoisotopic (exact) mass is 445 g/mol. The molecule has 0 amide bonds. The molecule has 0 aliphatic heterocycles. The number of benzene rings is 2. The number of hydrogen-bond acceptors (Lipinski definition) is 8. The van der Waals surface area contributed by atoms with Gasteiger partial charge in [0.25, 0.3) is 20.0 Å². The van der Waals surface area contributed by atoms with Gasteiger partial charge in [-0.05, 0) is 30.7 Å². The van der Waals surface area contributed by atoms with Crippen molar-refractivity contribution >= 4 is 20.0 Å². The molecule has 11 heteroatoms. The molecule has 0 fully saturated rings. The molecule has 0 aromatic heterocycles. The van der Waals surface area contributed by atoms with Crippen molar-refractivity contribution in [1.82, 2.24) is 3.71 Å². The van der Waals surface area contributed by atoms with E-state index < -0.39 is 52.8 Å². The van der Waals surface area contributed by atoms with Gasteiger partial charge in [0.05, 0.1) is 9.79 Å². The van der Waals surface area contributed by atoms with E-state index >= 15 is 0 Å². The van der Waals surface area contributed by atoms with Gasteiger partial charge in [0.1, 0.15) is 0 Å². The lowest BCUT2D eigenvalue weighted by molar-refractivity contribution is 0.401. The second kappa shape index (κ2) is 8.89. The van der Waals surface area contributed by atoms with Crippen LogP contribution in [-0.2, 0) is 20.0 Å². The molecular weight excluding hydrogens is 422 g/mol. The van der Waals surface area contributed by atoms with E-state index in [-0.39, 0.29) is 13.0 Å². The number of hydrogen-bond donors (Lipinski definition) is 4. The van der Waals surface area contributed by atoms with Gasteiger partial charge < -0.3 is 20.4 Å². The fourth-order valence-corrected chi connectivity index (χ4v) is 6.36. The lowest BCUT2D eigenvalue weighted by Crippen LogP contribution is -2.37. The van der Waals surface area contributed by atoms with Crippen molar-refractivity contribution < 1.29 is 37.3 Å². The summed E-state index contributed by atoms with van der Waals surface area (Å²) < 4.78 is 52.6. The van der Waals surface area contributed by atoms with Gasteiger partial charge in [-0.15, -0.1) is 0 Å². The molecule has 0 saturated heterocycles. The Balaban J connectivity index is 2.55.